The van der Waals surface area contributed by atoms with Gasteiger partial charge in [-0.25, -0.2) is 4.90 Å². The highest BCUT2D eigenvalue weighted by molar-refractivity contribution is 6.46. The maximum atomic E-state index is 13.7. The molecule has 2 amide bonds. The highest BCUT2D eigenvalue weighted by atomic mass is 16.5. The number of para-hydroxylation sites is 2. The van der Waals surface area contributed by atoms with Crippen molar-refractivity contribution in [1.82, 2.24) is 0 Å². The van der Waals surface area contributed by atoms with Crippen LogP contribution in [-0.2, 0) is 9.59 Å². The van der Waals surface area contributed by atoms with Crippen LogP contribution in [0.1, 0.15) is 18.1 Å². The van der Waals surface area contributed by atoms with Gasteiger partial charge in [-0.05, 0) is 43.7 Å². The minimum atomic E-state index is -0.481. The van der Waals surface area contributed by atoms with Gasteiger partial charge < -0.3 is 19.5 Å². The Morgan fingerprint density at radius 1 is 0.853 bits per heavy atom. The standard InChI is InChI=1S/C27H26N2O5/c1-5-34-22-9-7-6-8-21(22)29-26(30)24(18-12-10-17(2)11-13-18)25(27(29)31)28-20-15-14-19(32-3)16-23(20)33-4/h6-16,28H,5H2,1-4H3. The molecule has 34 heavy (non-hydrogen) atoms. The van der Waals surface area contributed by atoms with Crippen LogP contribution in [0.15, 0.2) is 72.4 Å². The molecule has 0 aliphatic carbocycles. The Bertz CT molecular complexity index is 1260. The number of nitrogens with zero attached hydrogens (tertiary/aromatic N) is 1. The molecular weight excluding hydrogens is 432 g/mol. The summed E-state index contributed by atoms with van der Waals surface area (Å²) in [6, 6.07) is 19.7. The van der Waals surface area contributed by atoms with E-state index in [4.69, 9.17) is 14.2 Å². The summed E-state index contributed by atoms with van der Waals surface area (Å²) in [7, 11) is 3.09. The average molecular weight is 459 g/mol. The van der Waals surface area contributed by atoms with Gasteiger partial charge in [0, 0.05) is 6.07 Å². The maximum absolute atomic E-state index is 13.7. The minimum absolute atomic E-state index is 0.156. The number of hydrogen-bond donors (Lipinski definition) is 1. The predicted octanol–water partition coefficient (Wildman–Crippen LogP) is 4.81. The van der Waals surface area contributed by atoms with Gasteiger partial charge in [0.25, 0.3) is 11.8 Å². The van der Waals surface area contributed by atoms with Gasteiger partial charge in [-0.1, -0.05) is 42.0 Å². The zero-order valence-corrected chi connectivity index (χ0v) is 19.5. The Balaban J connectivity index is 1.84. The van der Waals surface area contributed by atoms with Gasteiger partial charge in [0.15, 0.2) is 0 Å². The fourth-order valence-electron chi connectivity index (χ4n) is 3.81. The number of carbonyl (C=O) groups is 2. The fourth-order valence-corrected chi connectivity index (χ4v) is 3.81. The van der Waals surface area contributed by atoms with E-state index >= 15 is 0 Å². The number of rotatable bonds is 8. The van der Waals surface area contributed by atoms with Crippen LogP contribution in [0.2, 0.25) is 0 Å². The van der Waals surface area contributed by atoms with Crippen molar-refractivity contribution in [2.75, 3.05) is 31.0 Å². The maximum Gasteiger partial charge on any atom is 0.282 e. The Hall–Kier alpha value is -4.26. The third-order valence-corrected chi connectivity index (χ3v) is 5.50. The number of aryl methyl sites for hydroxylation is 1. The number of benzene rings is 3. The van der Waals surface area contributed by atoms with Crippen molar-refractivity contribution in [1.29, 1.82) is 0 Å². The monoisotopic (exact) mass is 458 g/mol. The fraction of sp³-hybridized carbons (Fsp3) is 0.185. The molecule has 174 valence electrons. The summed E-state index contributed by atoms with van der Waals surface area (Å²) in [6.45, 7) is 4.22. The summed E-state index contributed by atoms with van der Waals surface area (Å²) < 4.78 is 16.5. The van der Waals surface area contributed by atoms with Crippen LogP contribution < -0.4 is 24.4 Å². The molecule has 7 nitrogen and oxygen atoms in total. The van der Waals surface area contributed by atoms with Crippen LogP contribution in [0.25, 0.3) is 5.57 Å². The van der Waals surface area contributed by atoms with E-state index in [2.05, 4.69) is 5.32 Å². The van der Waals surface area contributed by atoms with E-state index in [1.54, 1.807) is 49.6 Å². The molecule has 3 aromatic carbocycles. The summed E-state index contributed by atoms with van der Waals surface area (Å²) >= 11 is 0. The van der Waals surface area contributed by atoms with Crippen molar-refractivity contribution >= 4 is 28.8 Å². The molecule has 0 aromatic heterocycles. The van der Waals surface area contributed by atoms with Gasteiger partial charge >= 0.3 is 0 Å². The Morgan fingerprint density at radius 3 is 2.26 bits per heavy atom. The van der Waals surface area contributed by atoms with E-state index < -0.39 is 11.8 Å². The molecule has 0 unspecified atom stereocenters. The molecule has 0 fully saturated rings. The molecule has 3 aromatic rings. The zero-order chi connectivity index (χ0) is 24.2. The largest absolute Gasteiger partial charge is 0.497 e. The second kappa shape index (κ2) is 9.70. The summed E-state index contributed by atoms with van der Waals surface area (Å²) in [6.07, 6.45) is 0. The summed E-state index contributed by atoms with van der Waals surface area (Å²) in [5.74, 6) is 0.625. The lowest BCUT2D eigenvalue weighted by Crippen LogP contribution is -2.32. The number of ether oxygens (including phenoxy) is 3. The van der Waals surface area contributed by atoms with E-state index in [0.717, 1.165) is 10.5 Å². The first-order valence-electron chi connectivity index (χ1n) is 10.9. The zero-order valence-electron chi connectivity index (χ0n) is 19.5. The number of hydrogen-bond acceptors (Lipinski definition) is 6. The smallest absolute Gasteiger partial charge is 0.282 e. The van der Waals surface area contributed by atoms with Crippen molar-refractivity contribution in [2.24, 2.45) is 0 Å². The molecule has 1 aliphatic rings. The normalized spacial score (nSPS) is 13.4. The first kappa shape index (κ1) is 22.9. The Morgan fingerprint density at radius 2 is 1.59 bits per heavy atom. The quantitative estimate of drug-likeness (QED) is 0.489. The molecule has 0 bridgehead atoms. The van der Waals surface area contributed by atoms with Crippen LogP contribution in [0.5, 0.6) is 17.2 Å². The molecule has 1 N–H and O–H groups in total. The van der Waals surface area contributed by atoms with E-state index in [-0.39, 0.29) is 11.3 Å². The van der Waals surface area contributed by atoms with Gasteiger partial charge in [-0.15, -0.1) is 0 Å². The third kappa shape index (κ3) is 4.20. The summed E-state index contributed by atoms with van der Waals surface area (Å²) in [5, 5.41) is 3.15. The van der Waals surface area contributed by atoms with Crippen LogP contribution in [-0.4, -0.2) is 32.6 Å². The van der Waals surface area contributed by atoms with Gasteiger partial charge in [-0.2, -0.15) is 0 Å². The van der Waals surface area contributed by atoms with E-state index in [9.17, 15) is 9.59 Å². The van der Waals surface area contributed by atoms with Crippen LogP contribution in [0, 0.1) is 6.92 Å². The van der Waals surface area contributed by atoms with Crippen LogP contribution in [0.3, 0.4) is 0 Å². The molecule has 1 heterocycles. The molecule has 1 aliphatic heterocycles. The van der Waals surface area contributed by atoms with E-state index in [1.807, 2.05) is 38.1 Å². The lowest BCUT2D eigenvalue weighted by atomic mass is 10.0. The van der Waals surface area contributed by atoms with Gasteiger partial charge in [0.1, 0.15) is 22.9 Å². The Kier molecular flexibility index (Phi) is 6.54. The van der Waals surface area contributed by atoms with Gasteiger partial charge in [0.2, 0.25) is 0 Å². The van der Waals surface area contributed by atoms with Gasteiger partial charge in [0.05, 0.1) is 37.8 Å². The molecule has 0 spiro atoms. The molecule has 4 rings (SSSR count). The van der Waals surface area contributed by atoms with Crippen LogP contribution in [0.4, 0.5) is 11.4 Å². The van der Waals surface area contributed by atoms with Crippen LogP contribution >= 0.6 is 0 Å². The number of amides is 2. The second-order valence-electron chi connectivity index (χ2n) is 7.65. The topological polar surface area (TPSA) is 77.1 Å². The molecule has 0 saturated carbocycles. The highest BCUT2D eigenvalue weighted by Gasteiger charge is 2.41. The number of nitrogens with one attached hydrogen (secondary N) is 1. The van der Waals surface area contributed by atoms with E-state index in [1.165, 1.54) is 7.11 Å². The van der Waals surface area contributed by atoms with E-state index in [0.29, 0.717) is 40.8 Å². The van der Waals surface area contributed by atoms with Crippen molar-refractivity contribution in [3.05, 3.63) is 83.6 Å². The third-order valence-electron chi connectivity index (χ3n) is 5.50. The lowest BCUT2D eigenvalue weighted by molar-refractivity contribution is -0.120. The first-order chi connectivity index (χ1) is 16.5. The van der Waals surface area contributed by atoms with Crippen molar-refractivity contribution < 1.29 is 23.8 Å². The number of imide groups is 1. The van der Waals surface area contributed by atoms with Crippen molar-refractivity contribution in [3.8, 4) is 17.2 Å². The summed E-state index contributed by atoms with van der Waals surface area (Å²) in [5.41, 5.74) is 3.03. The average Bonchev–Trinajstić information content (AvgIpc) is 3.09. The number of methoxy groups -OCH3 is 2. The SMILES string of the molecule is CCOc1ccccc1N1C(=O)C(Nc2ccc(OC)cc2OC)=C(c2ccc(C)cc2)C1=O. The lowest BCUT2D eigenvalue weighted by Gasteiger charge is -2.19. The van der Waals surface area contributed by atoms with Crippen molar-refractivity contribution in [3.63, 3.8) is 0 Å². The number of anilines is 2. The minimum Gasteiger partial charge on any atom is -0.497 e. The second-order valence-corrected chi connectivity index (χ2v) is 7.65. The molecular formula is C27H26N2O5. The van der Waals surface area contributed by atoms with Gasteiger partial charge in [-0.3, -0.25) is 9.59 Å². The highest BCUT2D eigenvalue weighted by Crippen LogP contribution is 2.39. The summed E-state index contributed by atoms with van der Waals surface area (Å²) in [4.78, 5) is 28.6. The molecule has 0 atom stereocenters. The predicted molar refractivity (Wildman–Crippen MR) is 131 cm³/mol. The molecule has 7 heteroatoms. The molecule has 0 radical (unpaired) electrons. The first-order valence-corrected chi connectivity index (χ1v) is 10.9. The Labute approximate surface area is 198 Å². The molecule has 0 saturated heterocycles. The number of carbonyl (C=O) groups excluding carboxylic acids is 2. The van der Waals surface area contributed by atoms with Crippen molar-refractivity contribution in [2.45, 2.75) is 13.8 Å².